The van der Waals surface area contributed by atoms with Crippen LogP contribution in [0.25, 0.3) is 10.8 Å². The number of rotatable bonds is 7. The van der Waals surface area contributed by atoms with Crippen molar-refractivity contribution in [3.8, 4) is 5.75 Å². The number of fused-ring (bicyclic) bond motifs is 2. The summed E-state index contributed by atoms with van der Waals surface area (Å²) >= 11 is 0. The fraction of sp³-hybridized carbons (Fsp3) is 0.265. The molecule has 4 aromatic rings. The summed E-state index contributed by atoms with van der Waals surface area (Å²) in [5.41, 5.74) is 1.68. The highest BCUT2D eigenvalue weighted by atomic mass is 19.1. The van der Waals surface area contributed by atoms with Gasteiger partial charge in [-0.2, -0.15) is 0 Å². The van der Waals surface area contributed by atoms with E-state index in [0.717, 1.165) is 10.8 Å². The van der Waals surface area contributed by atoms with E-state index in [0.29, 0.717) is 22.8 Å². The van der Waals surface area contributed by atoms with Crippen LogP contribution >= 0.6 is 0 Å². The van der Waals surface area contributed by atoms with Gasteiger partial charge in [0.05, 0.1) is 30.4 Å². The number of aliphatic hydroxyl groups is 1. The summed E-state index contributed by atoms with van der Waals surface area (Å²) in [5, 5.41) is 20.3. The van der Waals surface area contributed by atoms with Gasteiger partial charge < -0.3 is 35.6 Å². The van der Waals surface area contributed by atoms with E-state index in [4.69, 9.17) is 4.74 Å². The summed E-state index contributed by atoms with van der Waals surface area (Å²) in [6.07, 6.45) is -0.525. The topological polar surface area (TPSA) is 123 Å². The zero-order valence-corrected chi connectivity index (χ0v) is 25.3. The predicted molar refractivity (Wildman–Crippen MR) is 172 cm³/mol. The molecule has 0 radical (unpaired) electrons. The number of aliphatic hydroxyl groups excluding tert-OH is 1. The Bertz CT molecular complexity index is 1690. The normalized spacial score (nSPS) is 16.9. The Kier molecular flexibility index (Phi) is 9.48. The molecule has 3 atom stereocenters. The molecule has 45 heavy (non-hydrogen) atoms. The average molecular weight is 614 g/mol. The first-order valence-electron chi connectivity index (χ1n) is 14.7. The van der Waals surface area contributed by atoms with Crippen molar-refractivity contribution in [3.05, 3.63) is 96.3 Å². The van der Waals surface area contributed by atoms with E-state index in [1.165, 1.54) is 29.2 Å². The van der Waals surface area contributed by atoms with E-state index in [2.05, 4.69) is 16.0 Å². The molecule has 0 fully saturated rings. The van der Waals surface area contributed by atoms with Gasteiger partial charge in [0.2, 0.25) is 0 Å². The van der Waals surface area contributed by atoms with Gasteiger partial charge in [0.25, 0.3) is 5.91 Å². The van der Waals surface area contributed by atoms with Crippen LogP contribution in [0.3, 0.4) is 0 Å². The lowest BCUT2D eigenvalue weighted by molar-refractivity contribution is 0.0371. The second-order valence-electron chi connectivity index (χ2n) is 11.3. The number of ether oxygens (including phenoxy) is 1. The number of urea groups is 2. The third-order valence-electron chi connectivity index (χ3n) is 7.86. The standard InChI is InChI=1S/C34H36FN5O5/c1-21-18-40(22(2)20-41)32(42)28-17-26(36-33(43)38-29-10-6-8-23-7-4-5-9-27(23)29)15-16-30(28)45-31(21)19-39(3)34(44)37-25-13-11-24(35)12-14-25/h4-17,21-22,31,41H,18-20H2,1-3H3,(H,37,44)(H2,36,38,43)/t21-,22-,31-/m0/s1. The fourth-order valence-electron chi connectivity index (χ4n) is 5.24. The molecule has 11 heteroatoms. The van der Waals surface area contributed by atoms with Crippen LogP contribution in [-0.2, 0) is 0 Å². The summed E-state index contributed by atoms with van der Waals surface area (Å²) in [7, 11) is 1.62. The molecule has 234 valence electrons. The maximum Gasteiger partial charge on any atom is 0.323 e. The molecule has 0 spiro atoms. The Morgan fingerprint density at radius 2 is 1.71 bits per heavy atom. The van der Waals surface area contributed by atoms with Crippen molar-refractivity contribution < 1.29 is 28.6 Å². The number of nitrogens with one attached hydrogen (secondary N) is 3. The highest BCUT2D eigenvalue weighted by Gasteiger charge is 2.34. The van der Waals surface area contributed by atoms with Gasteiger partial charge in [-0.3, -0.25) is 4.79 Å². The smallest absolute Gasteiger partial charge is 0.323 e. The Morgan fingerprint density at radius 1 is 1.00 bits per heavy atom. The van der Waals surface area contributed by atoms with Gasteiger partial charge in [-0.25, -0.2) is 14.0 Å². The van der Waals surface area contributed by atoms with Crippen LogP contribution in [0, 0.1) is 11.7 Å². The lowest BCUT2D eigenvalue weighted by Gasteiger charge is -2.38. The van der Waals surface area contributed by atoms with Crippen LogP contribution in [-0.4, -0.2) is 71.8 Å². The van der Waals surface area contributed by atoms with Gasteiger partial charge in [-0.15, -0.1) is 0 Å². The van der Waals surface area contributed by atoms with Gasteiger partial charge in [-0.05, 0) is 60.8 Å². The summed E-state index contributed by atoms with van der Waals surface area (Å²) in [4.78, 5) is 42.7. The zero-order valence-electron chi connectivity index (χ0n) is 25.3. The number of nitrogens with zero attached hydrogens (tertiary/aromatic N) is 2. The molecular weight excluding hydrogens is 577 g/mol. The van der Waals surface area contributed by atoms with E-state index in [1.807, 2.05) is 49.4 Å². The van der Waals surface area contributed by atoms with Crippen LogP contribution in [0.5, 0.6) is 5.75 Å². The van der Waals surface area contributed by atoms with Crippen molar-refractivity contribution in [1.82, 2.24) is 9.80 Å². The second-order valence-corrected chi connectivity index (χ2v) is 11.3. The zero-order chi connectivity index (χ0) is 32.1. The monoisotopic (exact) mass is 613 g/mol. The molecule has 1 heterocycles. The Morgan fingerprint density at radius 3 is 2.47 bits per heavy atom. The van der Waals surface area contributed by atoms with Gasteiger partial charge >= 0.3 is 12.1 Å². The van der Waals surface area contributed by atoms with Gasteiger partial charge in [0.15, 0.2) is 0 Å². The number of carbonyl (C=O) groups is 3. The molecule has 0 aliphatic carbocycles. The number of hydrogen-bond acceptors (Lipinski definition) is 5. The van der Waals surface area contributed by atoms with Crippen molar-refractivity contribution in [1.29, 1.82) is 0 Å². The van der Waals surface area contributed by atoms with Crippen molar-refractivity contribution in [2.75, 3.05) is 42.7 Å². The lowest BCUT2D eigenvalue weighted by Crippen LogP contribution is -2.50. The number of halogens is 1. The Balaban J connectivity index is 1.36. The first-order chi connectivity index (χ1) is 21.6. The maximum atomic E-state index is 13.8. The van der Waals surface area contributed by atoms with E-state index < -0.39 is 30.0 Å². The molecule has 10 nitrogen and oxygen atoms in total. The molecule has 4 N–H and O–H groups in total. The van der Waals surface area contributed by atoms with Crippen molar-refractivity contribution in [2.45, 2.75) is 26.0 Å². The summed E-state index contributed by atoms with van der Waals surface area (Å²) in [6.45, 7) is 3.86. The number of amides is 5. The quantitative estimate of drug-likeness (QED) is 0.203. The molecule has 5 amide bonds. The summed E-state index contributed by atoms with van der Waals surface area (Å²) in [6, 6.07) is 22.2. The van der Waals surface area contributed by atoms with Crippen LogP contribution in [0.2, 0.25) is 0 Å². The largest absolute Gasteiger partial charge is 0.487 e. The molecule has 5 rings (SSSR count). The molecule has 1 aliphatic rings. The van der Waals surface area contributed by atoms with Gasteiger partial charge in [0.1, 0.15) is 17.7 Å². The van der Waals surface area contributed by atoms with Crippen LogP contribution in [0.1, 0.15) is 24.2 Å². The minimum Gasteiger partial charge on any atom is -0.487 e. The highest BCUT2D eigenvalue weighted by molar-refractivity contribution is 6.07. The van der Waals surface area contributed by atoms with E-state index in [1.54, 1.807) is 37.1 Å². The Hall–Kier alpha value is -5.16. The van der Waals surface area contributed by atoms with Crippen molar-refractivity contribution >= 4 is 45.8 Å². The molecule has 0 aromatic heterocycles. The summed E-state index contributed by atoms with van der Waals surface area (Å²) in [5.74, 6) is -0.686. The maximum absolute atomic E-state index is 13.8. The second kappa shape index (κ2) is 13.6. The Labute approximate surface area is 260 Å². The van der Waals surface area contributed by atoms with Crippen LogP contribution < -0.4 is 20.7 Å². The molecule has 0 saturated heterocycles. The molecule has 0 saturated carbocycles. The van der Waals surface area contributed by atoms with Crippen molar-refractivity contribution in [3.63, 3.8) is 0 Å². The van der Waals surface area contributed by atoms with Crippen LogP contribution in [0.15, 0.2) is 84.9 Å². The van der Waals surface area contributed by atoms with E-state index >= 15 is 0 Å². The van der Waals surface area contributed by atoms with E-state index in [9.17, 15) is 23.9 Å². The number of anilines is 3. The first kappa shape index (κ1) is 31.3. The third-order valence-corrected chi connectivity index (χ3v) is 7.86. The molecule has 0 bridgehead atoms. The molecule has 1 aliphatic heterocycles. The minimum atomic E-state index is -0.525. The van der Waals surface area contributed by atoms with Crippen molar-refractivity contribution in [2.24, 2.45) is 5.92 Å². The van der Waals surface area contributed by atoms with Crippen LogP contribution in [0.4, 0.5) is 31.0 Å². The number of likely N-dealkylation sites (N-methyl/N-ethyl adjacent to an activating group) is 1. The SMILES string of the molecule is C[C@H]1CN([C@@H](C)CO)C(=O)c2cc(NC(=O)Nc3cccc4ccccc34)ccc2O[C@H]1CN(C)C(=O)Nc1ccc(F)cc1. The van der Waals surface area contributed by atoms with E-state index in [-0.39, 0.29) is 37.1 Å². The summed E-state index contributed by atoms with van der Waals surface area (Å²) < 4.78 is 19.7. The third kappa shape index (κ3) is 7.32. The molecule has 4 aromatic carbocycles. The fourth-order valence-corrected chi connectivity index (χ4v) is 5.24. The highest BCUT2D eigenvalue weighted by Crippen LogP contribution is 2.31. The van der Waals surface area contributed by atoms with Gasteiger partial charge in [0, 0.05) is 36.3 Å². The molecular formula is C34H36FN5O5. The van der Waals surface area contributed by atoms with Gasteiger partial charge in [-0.1, -0.05) is 43.3 Å². The number of carbonyl (C=O) groups excluding carboxylic acids is 3. The predicted octanol–water partition coefficient (Wildman–Crippen LogP) is 6.01. The minimum absolute atomic E-state index is 0.177. The lowest BCUT2D eigenvalue weighted by atomic mass is 9.99. The average Bonchev–Trinajstić information content (AvgIpc) is 3.03. The first-order valence-corrected chi connectivity index (χ1v) is 14.7. The number of benzene rings is 4. The number of hydrogen-bond donors (Lipinski definition) is 4. The molecule has 0 unspecified atom stereocenters.